The fraction of sp³-hybridized carbons (Fsp3) is 1.00. The van der Waals surface area contributed by atoms with E-state index in [9.17, 15) is 0 Å². The van der Waals surface area contributed by atoms with Gasteiger partial charge in [-0.3, -0.25) is 0 Å². The van der Waals surface area contributed by atoms with Crippen molar-refractivity contribution >= 4 is 0 Å². The van der Waals surface area contributed by atoms with Crippen molar-refractivity contribution < 1.29 is 9.47 Å². The summed E-state index contributed by atoms with van der Waals surface area (Å²) in [4.78, 5) is 0. The highest BCUT2D eigenvalue weighted by atomic mass is 16.5. The predicted octanol–water partition coefficient (Wildman–Crippen LogP) is 1.82. The normalized spacial score (nSPS) is 13.1. The van der Waals surface area contributed by atoms with Crippen LogP contribution in [0, 0.1) is 0 Å². The van der Waals surface area contributed by atoms with Gasteiger partial charge >= 0.3 is 0 Å². The van der Waals surface area contributed by atoms with Crippen molar-refractivity contribution in [3.8, 4) is 0 Å². The number of ether oxygens (including phenoxy) is 2. The molecule has 14 heavy (non-hydrogen) atoms. The maximum atomic E-state index is 5.40. The molecule has 0 aromatic heterocycles. The van der Waals surface area contributed by atoms with Crippen molar-refractivity contribution in [1.29, 1.82) is 0 Å². The first-order valence-electron chi connectivity index (χ1n) is 5.73. The van der Waals surface area contributed by atoms with Crippen LogP contribution in [0.2, 0.25) is 0 Å². The zero-order valence-electron chi connectivity index (χ0n) is 9.84. The molecular weight excluding hydrogens is 178 g/mol. The van der Waals surface area contributed by atoms with Gasteiger partial charge in [0.1, 0.15) is 0 Å². The van der Waals surface area contributed by atoms with Crippen molar-refractivity contribution in [2.24, 2.45) is 0 Å². The van der Waals surface area contributed by atoms with Crippen LogP contribution >= 0.6 is 0 Å². The van der Waals surface area contributed by atoms with Gasteiger partial charge in [0.2, 0.25) is 0 Å². The van der Waals surface area contributed by atoms with Crippen LogP contribution in [-0.2, 0) is 9.47 Å². The van der Waals surface area contributed by atoms with Crippen molar-refractivity contribution in [2.75, 3.05) is 33.0 Å². The van der Waals surface area contributed by atoms with Gasteiger partial charge in [0, 0.05) is 25.9 Å². The molecule has 86 valence electrons. The first-order valence-corrected chi connectivity index (χ1v) is 5.73. The van der Waals surface area contributed by atoms with Gasteiger partial charge in [-0.05, 0) is 33.2 Å². The van der Waals surface area contributed by atoms with Gasteiger partial charge in [0.05, 0.1) is 6.61 Å². The Bertz CT molecular complexity index is 109. The lowest BCUT2D eigenvalue weighted by Crippen LogP contribution is -2.33. The third-order valence-corrected chi connectivity index (χ3v) is 2.06. The minimum Gasteiger partial charge on any atom is -0.382 e. The Morgan fingerprint density at radius 2 is 1.79 bits per heavy atom. The number of nitrogens with one attached hydrogen (secondary N) is 1. The molecule has 0 aliphatic heterocycles. The van der Waals surface area contributed by atoms with Gasteiger partial charge in [-0.15, -0.1) is 0 Å². The molecule has 0 aliphatic carbocycles. The molecule has 3 heteroatoms. The quantitative estimate of drug-likeness (QED) is 0.549. The average Bonchev–Trinajstić information content (AvgIpc) is 2.20. The molecule has 0 bridgehead atoms. The van der Waals surface area contributed by atoms with Gasteiger partial charge in [-0.2, -0.15) is 0 Å². The van der Waals surface area contributed by atoms with Gasteiger partial charge in [-0.25, -0.2) is 0 Å². The fourth-order valence-electron chi connectivity index (χ4n) is 1.37. The Kier molecular flexibility index (Phi) is 10.9. The first-order chi connectivity index (χ1) is 6.85. The molecule has 0 aromatic rings. The minimum atomic E-state index is 0.486. The zero-order chi connectivity index (χ0) is 10.6. The molecule has 1 unspecified atom stereocenters. The molecule has 0 amide bonds. The predicted molar refractivity (Wildman–Crippen MR) is 59.7 cm³/mol. The molecule has 3 nitrogen and oxygen atoms in total. The lowest BCUT2D eigenvalue weighted by Gasteiger charge is -2.17. The van der Waals surface area contributed by atoms with Crippen molar-refractivity contribution in [3.63, 3.8) is 0 Å². The largest absolute Gasteiger partial charge is 0.382 e. The number of rotatable bonds is 10. The van der Waals surface area contributed by atoms with Crippen LogP contribution in [0.5, 0.6) is 0 Å². The van der Waals surface area contributed by atoms with Crippen molar-refractivity contribution in [2.45, 2.75) is 39.7 Å². The van der Waals surface area contributed by atoms with E-state index < -0.39 is 0 Å². The van der Waals surface area contributed by atoms with Gasteiger partial charge in [0.25, 0.3) is 0 Å². The Morgan fingerprint density at radius 3 is 2.36 bits per heavy atom. The third-order valence-electron chi connectivity index (χ3n) is 2.06. The summed E-state index contributed by atoms with van der Waals surface area (Å²) in [6.07, 6.45) is 2.24. The van der Waals surface area contributed by atoms with E-state index in [-0.39, 0.29) is 0 Å². The summed E-state index contributed by atoms with van der Waals surface area (Å²) in [7, 11) is 0. The number of hydrogen-bond donors (Lipinski definition) is 1. The molecule has 1 N–H and O–H groups in total. The monoisotopic (exact) mass is 203 g/mol. The van der Waals surface area contributed by atoms with E-state index in [1.165, 1.54) is 0 Å². The smallest absolute Gasteiger partial charge is 0.0619 e. The lowest BCUT2D eigenvalue weighted by atomic mass is 10.2. The van der Waals surface area contributed by atoms with Crippen LogP contribution in [0.15, 0.2) is 0 Å². The Hall–Kier alpha value is -0.120. The Morgan fingerprint density at radius 1 is 1.07 bits per heavy atom. The maximum Gasteiger partial charge on any atom is 0.0619 e. The van der Waals surface area contributed by atoms with Gasteiger partial charge in [-0.1, -0.05) is 6.92 Å². The summed E-state index contributed by atoms with van der Waals surface area (Å²) in [5, 5.41) is 3.41. The van der Waals surface area contributed by atoms with Crippen LogP contribution in [-0.4, -0.2) is 39.0 Å². The third kappa shape index (κ3) is 8.48. The molecular formula is C11H25NO2. The summed E-state index contributed by atoms with van der Waals surface area (Å²) in [5.41, 5.74) is 0. The second kappa shape index (κ2) is 11.0. The molecule has 1 atom stereocenters. The summed E-state index contributed by atoms with van der Waals surface area (Å²) < 4.78 is 10.7. The van der Waals surface area contributed by atoms with E-state index in [4.69, 9.17) is 9.47 Å². The Balaban J connectivity index is 3.40. The molecule has 0 spiro atoms. The highest BCUT2D eigenvalue weighted by Gasteiger charge is 2.06. The lowest BCUT2D eigenvalue weighted by molar-refractivity contribution is 0.108. The summed E-state index contributed by atoms with van der Waals surface area (Å²) in [6.45, 7) is 10.5. The highest BCUT2D eigenvalue weighted by molar-refractivity contribution is 4.64. The summed E-state index contributed by atoms with van der Waals surface area (Å²) in [5.74, 6) is 0. The van der Waals surface area contributed by atoms with Crippen LogP contribution in [0.1, 0.15) is 33.6 Å². The van der Waals surface area contributed by atoms with Crippen LogP contribution < -0.4 is 5.32 Å². The molecule has 0 fully saturated rings. The number of likely N-dealkylation sites (N-methyl/N-ethyl adjacent to an activating group) is 1. The zero-order valence-corrected chi connectivity index (χ0v) is 9.84. The topological polar surface area (TPSA) is 30.5 Å². The minimum absolute atomic E-state index is 0.486. The van der Waals surface area contributed by atoms with E-state index >= 15 is 0 Å². The van der Waals surface area contributed by atoms with Crippen molar-refractivity contribution in [3.05, 3.63) is 0 Å². The van der Waals surface area contributed by atoms with E-state index in [1.807, 2.05) is 13.8 Å². The van der Waals surface area contributed by atoms with Crippen LogP contribution in [0.4, 0.5) is 0 Å². The van der Waals surface area contributed by atoms with Crippen molar-refractivity contribution in [1.82, 2.24) is 5.32 Å². The van der Waals surface area contributed by atoms with E-state index in [0.717, 1.165) is 45.8 Å². The SMILES string of the molecule is CCNC(CCCOCC)COCC. The molecule has 0 aromatic carbocycles. The van der Waals surface area contributed by atoms with Crippen LogP contribution in [0.3, 0.4) is 0 Å². The van der Waals surface area contributed by atoms with E-state index in [1.54, 1.807) is 0 Å². The second-order valence-corrected chi connectivity index (χ2v) is 3.25. The summed E-state index contributed by atoms with van der Waals surface area (Å²) in [6, 6.07) is 0.486. The Labute approximate surface area is 88.2 Å². The summed E-state index contributed by atoms with van der Waals surface area (Å²) >= 11 is 0. The standard InChI is InChI=1S/C11H25NO2/c1-4-12-11(10-14-6-3)8-7-9-13-5-2/h11-12H,4-10H2,1-3H3. The average molecular weight is 203 g/mol. The fourth-order valence-corrected chi connectivity index (χ4v) is 1.37. The number of hydrogen-bond acceptors (Lipinski definition) is 3. The first kappa shape index (κ1) is 13.9. The van der Waals surface area contributed by atoms with E-state index in [2.05, 4.69) is 12.2 Å². The van der Waals surface area contributed by atoms with E-state index in [0.29, 0.717) is 6.04 Å². The molecule has 0 saturated carbocycles. The van der Waals surface area contributed by atoms with Crippen LogP contribution in [0.25, 0.3) is 0 Å². The van der Waals surface area contributed by atoms with Gasteiger partial charge < -0.3 is 14.8 Å². The highest BCUT2D eigenvalue weighted by Crippen LogP contribution is 1.99. The molecule has 0 heterocycles. The molecule has 0 radical (unpaired) electrons. The molecule has 0 rings (SSSR count). The molecule has 0 aliphatic rings. The van der Waals surface area contributed by atoms with Gasteiger partial charge in [0.15, 0.2) is 0 Å². The second-order valence-electron chi connectivity index (χ2n) is 3.25. The molecule has 0 saturated heterocycles. The maximum absolute atomic E-state index is 5.40.